The Balaban J connectivity index is 2.29. The predicted octanol–water partition coefficient (Wildman–Crippen LogP) is 2.47. The third-order valence-electron chi connectivity index (χ3n) is 2.42. The van der Waals surface area contributed by atoms with Crippen molar-refractivity contribution in [3.63, 3.8) is 0 Å². The number of nitrogens with one attached hydrogen (secondary N) is 1. The Hall–Kier alpha value is -0.730. The number of benzene rings is 1. The largest absolute Gasteiger partial charge is 0.508 e. The molecular weight excluding hydrogens is 186 g/mol. The van der Waals surface area contributed by atoms with Gasteiger partial charge in [0.2, 0.25) is 0 Å². The quantitative estimate of drug-likeness (QED) is 0.725. The molecule has 0 bridgehead atoms. The van der Waals surface area contributed by atoms with Gasteiger partial charge in [-0.05, 0) is 37.1 Å². The van der Waals surface area contributed by atoms with Crippen molar-refractivity contribution in [2.45, 2.75) is 18.9 Å². The minimum absolute atomic E-state index is 0.228. The Kier molecular flexibility index (Phi) is 2.42. The molecule has 1 fully saturated rings. The highest BCUT2D eigenvalue weighted by Gasteiger charge is 2.18. The van der Waals surface area contributed by atoms with E-state index in [0.717, 1.165) is 18.5 Å². The molecule has 2 N–H and O–H groups in total. The van der Waals surface area contributed by atoms with Crippen LogP contribution in [0.1, 0.15) is 24.4 Å². The topological polar surface area (TPSA) is 32.3 Å². The molecule has 1 saturated heterocycles. The van der Waals surface area contributed by atoms with Gasteiger partial charge < -0.3 is 10.4 Å². The summed E-state index contributed by atoms with van der Waals surface area (Å²) in [7, 11) is 0. The van der Waals surface area contributed by atoms with Crippen LogP contribution in [0, 0.1) is 0 Å². The van der Waals surface area contributed by atoms with Gasteiger partial charge in [-0.25, -0.2) is 0 Å². The zero-order chi connectivity index (χ0) is 9.26. The number of phenolic OH excluding ortho intramolecular Hbond substituents is 1. The van der Waals surface area contributed by atoms with E-state index in [4.69, 9.17) is 11.6 Å². The summed E-state index contributed by atoms with van der Waals surface area (Å²) in [4.78, 5) is 0. The number of hydrogen-bond acceptors (Lipinski definition) is 2. The molecule has 1 aromatic rings. The average molecular weight is 198 g/mol. The van der Waals surface area contributed by atoms with Crippen molar-refractivity contribution >= 4 is 11.6 Å². The average Bonchev–Trinajstić information content (AvgIpc) is 2.56. The van der Waals surface area contributed by atoms with E-state index in [1.807, 2.05) is 6.07 Å². The highest BCUT2D eigenvalue weighted by molar-refractivity contribution is 6.31. The maximum absolute atomic E-state index is 9.18. The third-order valence-corrected chi connectivity index (χ3v) is 2.75. The van der Waals surface area contributed by atoms with Gasteiger partial charge in [0.15, 0.2) is 0 Å². The standard InChI is InChI=1S/C10H12ClNO/c11-9-6-7(13)3-4-8(9)10-2-1-5-12-10/h3-4,6,10,12-13H,1-2,5H2/t10-/m0/s1. The zero-order valence-corrected chi connectivity index (χ0v) is 8.01. The van der Waals surface area contributed by atoms with Crippen LogP contribution < -0.4 is 5.32 Å². The summed E-state index contributed by atoms with van der Waals surface area (Å²) in [5.41, 5.74) is 1.09. The Morgan fingerprint density at radius 3 is 2.92 bits per heavy atom. The lowest BCUT2D eigenvalue weighted by Crippen LogP contribution is -2.12. The molecule has 1 aliphatic heterocycles. The van der Waals surface area contributed by atoms with Crippen LogP contribution in [0.25, 0.3) is 0 Å². The summed E-state index contributed by atoms with van der Waals surface area (Å²) in [6.45, 7) is 1.06. The molecule has 0 aromatic heterocycles. The SMILES string of the molecule is Oc1ccc([C@@H]2CCCN2)c(Cl)c1. The molecule has 1 aliphatic rings. The van der Waals surface area contributed by atoms with Gasteiger partial charge in [0.25, 0.3) is 0 Å². The van der Waals surface area contributed by atoms with Gasteiger partial charge in [-0.2, -0.15) is 0 Å². The van der Waals surface area contributed by atoms with Crippen LogP contribution in [0.4, 0.5) is 0 Å². The first-order valence-corrected chi connectivity index (χ1v) is 4.87. The van der Waals surface area contributed by atoms with E-state index in [2.05, 4.69) is 5.32 Å². The number of rotatable bonds is 1. The smallest absolute Gasteiger partial charge is 0.117 e. The summed E-state index contributed by atoms with van der Waals surface area (Å²) >= 11 is 6.01. The molecule has 1 aromatic carbocycles. The molecule has 0 unspecified atom stereocenters. The predicted molar refractivity (Wildman–Crippen MR) is 53.1 cm³/mol. The van der Waals surface area contributed by atoms with Gasteiger partial charge in [-0.1, -0.05) is 17.7 Å². The van der Waals surface area contributed by atoms with E-state index in [0.29, 0.717) is 11.1 Å². The molecule has 1 heterocycles. The van der Waals surface area contributed by atoms with Crippen LogP contribution in [0.15, 0.2) is 18.2 Å². The van der Waals surface area contributed by atoms with Gasteiger partial charge >= 0.3 is 0 Å². The van der Waals surface area contributed by atoms with Crippen LogP contribution in [-0.4, -0.2) is 11.7 Å². The third kappa shape index (κ3) is 1.79. The van der Waals surface area contributed by atoms with Gasteiger partial charge in [-0.3, -0.25) is 0 Å². The second-order valence-corrected chi connectivity index (χ2v) is 3.76. The van der Waals surface area contributed by atoms with Crippen molar-refractivity contribution in [1.82, 2.24) is 5.32 Å². The number of phenols is 1. The van der Waals surface area contributed by atoms with E-state index in [1.165, 1.54) is 6.42 Å². The van der Waals surface area contributed by atoms with Crippen molar-refractivity contribution in [3.8, 4) is 5.75 Å². The van der Waals surface area contributed by atoms with Crippen LogP contribution in [-0.2, 0) is 0 Å². The number of halogens is 1. The number of hydrogen-bond donors (Lipinski definition) is 2. The second kappa shape index (κ2) is 3.56. The van der Waals surface area contributed by atoms with E-state index in [-0.39, 0.29) is 5.75 Å². The maximum Gasteiger partial charge on any atom is 0.117 e. The summed E-state index contributed by atoms with van der Waals surface area (Å²) in [6.07, 6.45) is 2.33. The summed E-state index contributed by atoms with van der Waals surface area (Å²) in [5, 5.41) is 13.2. The van der Waals surface area contributed by atoms with Crippen LogP contribution in [0.2, 0.25) is 5.02 Å². The zero-order valence-electron chi connectivity index (χ0n) is 7.26. The molecule has 0 spiro atoms. The van der Waals surface area contributed by atoms with Gasteiger partial charge in [0, 0.05) is 11.1 Å². The molecular formula is C10H12ClNO. The lowest BCUT2D eigenvalue weighted by molar-refractivity contribution is 0.474. The molecule has 2 rings (SSSR count). The van der Waals surface area contributed by atoms with Crippen LogP contribution >= 0.6 is 11.6 Å². The summed E-state index contributed by atoms with van der Waals surface area (Å²) < 4.78 is 0. The van der Waals surface area contributed by atoms with Crippen molar-refractivity contribution in [3.05, 3.63) is 28.8 Å². The molecule has 0 aliphatic carbocycles. The van der Waals surface area contributed by atoms with Gasteiger partial charge in [0.05, 0.1) is 0 Å². The molecule has 0 saturated carbocycles. The van der Waals surface area contributed by atoms with Gasteiger partial charge in [-0.15, -0.1) is 0 Å². The fraction of sp³-hybridized carbons (Fsp3) is 0.400. The first-order chi connectivity index (χ1) is 6.27. The van der Waals surface area contributed by atoms with Crippen molar-refractivity contribution in [2.75, 3.05) is 6.54 Å². The van der Waals surface area contributed by atoms with Crippen molar-refractivity contribution in [1.29, 1.82) is 0 Å². The second-order valence-electron chi connectivity index (χ2n) is 3.35. The highest BCUT2D eigenvalue weighted by Crippen LogP contribution is 2.31. The fourth-order valence-corrected chi connectivity index (χ4v) is 2.06. The summed E-state index contributed by atoms with van der Waals surface area (Å²) in [5.74, 6) is 0.228. The molecule has 0 radical (unpaired) electrons. The molecule has 2 nitrogen and oxygen atoms in total. The minimum atomic E-state index is 0.228. The van der Waals surface area contributed by atoms with Crippen molar-refractivity contribution < 1.29 is 5.11 Å². The Labute approximate surface area is 82.5 Å². The Morgan fingerprint density at radius 1 is 1.46 bits per heavy atom. The normalized spacial score (nSPS) is 22.1. The Bertz CT molecular complexity index is 308. The van der Waals surface area contributed by atoms with Crippen LogP contribution in [0.5, 0.6) is 5.75 Å². The van der Waals surface area contributed by atoms with Crippen LogP contribution in [0.3, 0.4) is 0 Å². The van der Waals surface area contributed by atoms with E-state index >= 15 is 0 Å². The number of aromatic hydroxyl groups is 1. The van der Waals surface area contributed by atoms with E-state index < -0.39 is 0 Å². The lowest BCUT2D eigenvalue weighted by Gasteiger charge is -2.12. The monoisotopic (exact) mass is 197 g/mol. The first kappa shape index (κ1) is 8.85. The minimum Gasteiger partial charge on any atom is -0.508 e. The summed E-state index contributed by atoms with van der Waals surface area (Å²) in [6, 6.07) is 5.53. The fourth-order valence-electron chi connectivity index (χ4n) is 1.75. The highest BCUT2D eigenvalue weighted by atomic mass is 35.5. The molecule has 13 heavy (non-hydrogen) atoms. The maximum atomic E-state index is 9.18. The van der Waals surface area contributed by atoms with E-state index in [1.54, 1.807) is 12.1 Å². The Morgan fingerprint density at radius 2 is 2.31 bits per heavy atom. The molecule has 3 heteroatoms. The molecule has 0 amide bonds. The molecule has 1 atom stereocenters. The first-order valence-electron chi connectivity index (χ1n) is 4.49. The molecule has 70 valence electrons. The van der Waals surface area contributed by atoms with E-state index in [9.17, 15) is 5.11 Å². The lowest BCUT2D eigenvalue weighted by atomic mass is 10.1. The van der Waals surface area contributed by atoms with Gasteiger partial charge in [0.1, 0.15) is 5.75 Å². The van der Waals surface area contributed by atoms with Crippen molar-refractivity contribution in [2.24, 2.45) is 0 Å².